The molecule has 2 atom stereocenters. The summed E-state index contributed by atoms with van der Waals surface area (Å²) < 4.78 is 32.6. The van der Waals surface area contributed by atoms with Crippen LogP contribution < -0.4 is 4.90 Å². The van der Waals surface area contributed by atoms with E-state index in [9.17, 15) is 22.6 Å². The topological polar surface area (TPSA) is 91.8 Å². The Morgan fingerprint density at radius 3 is 2.31 bits per heavy atom. The van der Waals surface area contributed by atoms with Crippen molar-refractivity contribution in [2.24, 2.45) is 0 Å². The Balaban J connectivity index is 0.00000160. The molecular formula is C38H35NO5S. The third-order valence-corrected chi connectivity index (χ3v) is 10.8. The van der Waals surface area contributed by atoms with Crippen molar-refractivity contribution in [2.75, 3.05) is 4.90 Å². The Hall–Kier alpha value is -4.33. The highest BCUT2D eigenvalue weighted by Gasteiger charge is 2.43. The highest BCUT2D eigenvalue weighted by Crippen LogP contribution is 2.55. The molecule has 3 aliphatic carbocycles. The van der Waals surface area contributed by atoms with Crippen LogP contribution in [0.3, 0.4) is 0 Å². The lowest BCUT2D eigenvalue weighted by Gasteiger charge is -2.28. The molecule has 0 radical (unpaired) electrons. The second-order valence-electron chi connectivity index (χ2n) is 12.6. The summed E-state index contributed by atoms with van der Waals surface area (Å²) in [6.45, 7) is 8.58. The molecule has 2 unspecified atom stereocenters. The van der Waals surface area contributed by atoms with Crippen LogP contribution in [0.15, 0.2) is 89.3 Å². The van der Waals surface area contributed by atoms with Crippen LogP contribution in [0.2, 0.25) is 0 Å². The first kappa shape index (κ1) is 29.4. The quantitative estimate of drug-likeness (QED) is 0.141. The van der Waals surface area contributed by atoms with Gasteiger partial charge in [0, 0.05) is 39.9 Å². The minimum atomic E-state index is -4.50. The number of fused-ring (bicyclic) bond motifs is 7. The van der Waals surface area contributed by atoms with E-state index in [1.165, 1.54) is 39.6 Å². The molecule has 1 saturated carbocycles. The van der Waals surface area contributed by atoms with Crippen molar-refractivity contribution >= 4 is 39.1 Å². The molecule has 0 aromatic heterocycles. The van der Waals surface area contributed by atoms with E-state index in [1.807, 2.05) is 19.9 Å². The van der Waals surface area contributed by atoms with Gasteiger partial charge in [0.2, 0.25) is 0 Å². The molecule has 0 spiro atoms. The van der Waals surface area contributed by atoms with Crippen molar-refractivity contribution in [2.45, 2.75) is 69.2 Å². The van der Waals surface area contributed by atoms with Gasteiger partial charge in [-0.25, -0.2) is 0 Å². The predicted octanol–water partition coefficient (Wildman–Crippen LogP) is 8.52. The van der Waals surface area contributed by atoms with E-state index in [1.54, 1.807) is 6.08 Å². The summed E-state index contributed by atoms with van der Waals surface area (Å²) in [7, 11) is -4.50. The Bertz CT molecular complexity index is 2070. The van der Waals surface area contributed by atoms with Crippen LogP contribution >= 0.6 is 0 Å². The molecule has 0 bridgehead atoms. The summed E-state index contributed by atoms with van der Waals surface area (Å²) in [5.41, 5.74) is 9.70. The molecule has 7 heteroatoms. The molecule has 228 valence electrons. The molecule has 1 aliphatic heterocycles. The molecule has 1 N–H and O–H groups in total. The predicted molar refractivity (Wildman–Crippen MR) is 177 cm³/mol. The lowest BCUT2D eigenvalue weighted by molar-refractivity contribution is 0.0990. The van der Waals surface area contributed by atoms with E-state index in [-0.39, 0.29) is 22.1 Å². The Kier molecular flexibility index (Phi) is 6.77. The maximum atomic E-state index is 13.2. The third-order valence-electron chi connectivity index (χ3n) is 9.95. The van der Waals surface area contributed by atoms with E-state index >= 15 is 0 Å². The standard InChI is InChI=1S/C36H29NO5S.C2H6/c1-36(2)30-8-4-3-6-23(30)26-18-21(11-14-31(26)36)37-32-9-5-7-24(32)27-16-20(10-15-33(27)37)17-29-34(38)25-13-12-22(43(40,41)42)19-28(25)35(29)39;1-2/h3-4,6,8,10-19,24,32H,5,7,9H2,1-2H3,(H,40,41,42);1-2H3/b29-17+;. The summed E-state index contributed by atoms with van der Waals surface area (Å²) >= 11 is 0. The second kappa shape index (κ2) is 10.4. The Morgan fingerprint density at radius 2 is 1.53 bits per heavy atom. The zero-order valence-electron chi connectivity index (χ0n) is 25.8. The van der Waals surface area contributed by atoms with E-state index in [0.717, 1.165) is 42.6 Å². The van der Waals surface area contributed by atoms with Gasteiger partial charge in [0.05, 0.1) is 10.5 Å². The maximum absolute atomic E-state index is 13.2. The largest absolute Gasteiger partial charge is 0.337 e. The molecule has 1 heterocycles. The van der Waals surface area contributed by atoms with Crippen molar-refractivity contribution in [3.63, 3.8) is 0 Å². The van der Waals surface area contributed by atoms with Gasteiger partial charge in [0.1, 0.15) is 0 Å². The van der Waals surface area contributed by atoms with Gasteiger partial charge < -0.3 is 4.90 Å². The van der Waals surface area contributed by atoms with Crippen molar-refractivity contribution in [3.05, 3.63) is 118 Å². The van der Waals surface area contributed by atoms with Crippen LogP contribution in [0.4, 0.5) is 11.4 Å². The van der Waals surface area contributed by atoms with E-state index < -0.39 is 26.6 Å². The minimum absolute atomic E-state index is 0.000153. The number of hydrogen-bond acceptors (Lipinski definition) is 5. The van der Waals surface area contributed by atoms with Gasteiger partial charge in [-0.2, -0.15) is 8.42 Å². The van der Waals surface area contributed by atoms with Gasteiger partial charge >= 0.3 is 0 Å². The monoisotopic (exact) mass is 617 g/mol. The van der Waals surface area contributed by atoms with Gasteiger partial charge in [0.25, 0.3) is 10.1 Å². The van der Waals surface area contributed by atoms with Crippen molar-refractivity contribution < 1.29 is 22.6 Å². The molecule has 45 heavy (non-hydrogen) atoms. The van der Waals surface area contributed by atoms with Crippen LogP contribution in [0.25, 0.3) is 17.2 Å². The van der Waals surface area contributed by atoms with Gasteiger partial charge in [-0.3, -0.25) is 14.1 Å². The maximum Gasteiger partial charge on any atom is 0.294 e. The van der Waals surface area contributed by atoms with Crippen LogP contribution in [0.1, 0.15) is 95.8 Å². The summed E-state index contributed by atoms with van der Waals surface area (Å²) in [5.74, 6) is -0.619. The number of carbonyl (C=O) groups excluding carboxylic acids is 2. The molecule has 4 aromatic carbocycles. The molecule has 4 aliphatic rings. The first-order valence-electron chi connectivity index (χ1n) is 15.6. The summed E-state index contributed by atoms with van der Waals surface area (Å²) in [6, 6.07) is 25.5. The second-order valence-corrected chi connectivity index (χ2v) is 14.0. The number of Topliss-reactive ketones (excluding diaryl/α,β-unsaturated/α-hetero) is 2. The highest BCUT2D eigenvalue weighted by molar-refractivity contribution is 7.85. The van der Waals surface area contributed by atoms with Gasteiger partial charge in [-0.15, -0.1) is 0 Å². The lowest BCUT2D eigenvalue weighted by atomic mass is 9.82. The number of nitrogens with zero attached hydrogens (tertiary/aromatic N) is 1. The van der Waals surface area contributed by atoms with Crippen molar-refractivity contribution in [1.82, 2.24) is 0 Å². The van der Waals surface area contributed by atoms with Crippen LogP contribution in [0.5, 0.6) is 0 Å². The lowest BCUT2D eigenvalue weighted by Crippen LogP contribution is -2.26. The smallest absolute Gasteiger partial charge is 0.294 e. The van der Waals surface area contributed by atoms with Crippen LogP contribution in [-0.2, 0) is 15.5 Å². The zero-order valence-corrected chi connectivity index (χ0v) is 26.6. The average molecular weight is 618 g/mol. The first-order chi connectivity index (χ1) is 21.5. The van der Waals surface area contributed by atoms with Gasteiger partial charge in [0.15, 0.2) is 11.6 Å². The van der Waals surface area contributed by atoms with Crippen LogP contribution in [-0.4, -0.2) is 30.6 Å². The molecule has 0 amide bonds. The summed E-state index contributed by atoms with van der Waals surface area (Å²) in [5, 5.41) is 0. The molecule has 1 fully saturated rings. The average Bonchev–Trinajstić information content (AvgIpc) is 3.74. The molecule has 8 rings (SSSR count). The van der Waals surface area contributed by atoms with E-state index in [4.69, 9.17) is 0 Å². The summed E-state index contributed by atoms with van der Waals surface area (Å²) in [4.78, 5) is 28.4. The fraction of sp³-hybridized carbons (Fsp3) is 0.263. The number of ketones is 2. The minimum Gasteiger partial charge on any atom is -0.337 e. The fourth-order valence-electron chi connectivity index (χ4n) is 7.92. The van der Waals surface area contributed by atoms with E-state index in [2.05, 4.69) is 73.3 Å². The Morgan fingerprint density at radius 1 is 0.800 bits per heavy atom. The molecular weight excluding hydrogens is 582 g/mol. The third kappa shape index (κ3) is 4.36. The van der Waals surface area contributed by atoms with Gasteiger partial charge in [-0.05, 0) is 94.8 Å². The van der Waals surface area contributed by atoms with Gasteiger partial charge in [-0.1, -0.05) is 70.5 Å². The highest BCUT2D eigenvalue weighted by atomic mass is 32.2. The Labute approximate surface area is 264 Å². The number of hydrogen-bond donors (Lipinski definition) is 1. The number of allylic oxidation sites excluding steroid dienone is 1. The first-order valence-corrected chi connectivity index (χ1v) is 17.1. The number of anilines is 2. The number of benzene rings is 4. The van der Waals surface area contributed by atoms with E-state index in [0.29, 0.717) is 12.0 Å². The SMILES string of the molecule is CC.CC1(C)c2ccccc2-c2cc(N3c4ccc(/C=C5\C(=O)c6ccc(S(=O)(=O)O)cc6C5=O)cc4C4CCCC43)ccc21. The van der Waals surface area contributed by atoms with Crippen LogP contribution in [0, 0.1) is 0 Å². The molecule has 0 saturated heterocycles. The molecule has 4 aromatic rings. The van der Waals surface area contributed by atoms with Crippen molar-refractivity contribution in [3.8, 4) is 11.1 Å². The summed E-state index contributed by atoms with van der Waals surface area (Å²) in [6.07, 6.45) is 4.92. The zero-order chi connectivity index (χ0) is 31.8. The fourth-order valence-corrected chi connectivity index (χ4v) is 8.43. The molecule has 6 nitrogen and oxygen atoms in total. The normalized spacial score (nSPS) is 21.2. The number of carbonyl (C=O) groups is 2. The van der Waals surface area contributed by atoms with Crippen molar-refractivity contribution in [1.29, 1.82) is 0 Å². The number of rotatable bonds is 3.